The summed E-state index contributed by atoms with van der Waals surface area (Å²) in [5.41, 5.74) is 6.91. The summed E-state index contributed by atoms with van der Waals surface area (Å²) in [6.07, 6.45) is 0.368. The number of carbonyl (C=O) groups is 2. The standard InChI is InChI=1S/C17H16BrFN2O2/c18-13-3-1-2-12(8-13)9-15(17(20)23)21-16(22)10-11-4-6-14(19)7-5-11/h1-8,15H,9-10H2,(H2,20,23)(H,21,22)/t15-/m0/s1. The van der Waals surface area contributed by atoms with Crippen LogP contribution >= 0.6 is 15.9 Å². The van der Waals surface area contributed by atoms with Crippen molar-refractivity contribution in [2.75, 3.05) is 0 Å². The maximum atomic E-state index is 12.8. The van der Waals surface area contributed by atoms with Crippen LogP contribution in [-0.2, 0) is 22.4 Å². The second-order valence-corrected chi connectivity index (χ2v) is 6.08. The van der Waals surface area contributed by atoms with Gasteiger partial charge in [-0.1, -0.05) is 40.2 Å². The van der Waals surface area contributed by atoms with Crippen molar-refractivity contribution in [3.05, 3.63) is 69.9 Å². The van der Waals surface area contributed by atoms with Crippen LogP contribution in [-0.4, -0.2) is 17.9 Å². The number of nitrogens with one attached hydrogen (secondary N) is 1. The highest BCUT2D eigenvalue weighted by Crippen LogP contribution is 2.13. The fourth-order valence-corrected chi connectivity index (χ4v) is 2.60. The molecular weight excluding hydrogens is 363 g/mol. The number of nitrogens with two attached hydrogens (primary N) is 1. The first-order valence-corrected chi connectivity index (χ1v) is 7.81. The average molecular weight is 379 g/mol. The van der Waals surface area contributed by atoms with Crippen LogP contribution in [0.5, 0.6) is 0 Å². The van der Waals surface area contributed by atoms with E-state index < -0.39 is 11.9 Å². The molecule has 2 aromatic rings. The van der Waals surface area contributed by atoms with Gasteiger partial charge in [0.2, 0.25) is 11.8 Å². The minimum atomic E-state index is -0.794. The maximum Gasteiger partial charge on any atom is 0.240 e. The van der Waals surface area contributed by atoms with E-state index in [1.54, 1.807) is 0 Å². The number of benzene rings is 2. The molecule has 3 N–H and O–H groups in total. The molecule has 0 aromatic heterocycles. The molecule has 0 bridgehead atoms. The van der Waals surface area contributed by atoms with Crippen LogP contribution in [0.15, 0.2) is 53.0 Å². The van der Waals surface area contributed by atoms with Gasteiger partial charge in [0, 0.05) is 10.9 Å². The van der Waals surface area contributed by atoms with Crippen LogP contribution in [0.3, 0.4) is 0 Å². The van der Waals surface area contributed by atoms with Gasteiger partial charge in [-0.15, -0.1) is 0 Å². The molecule has 1 atom stereocenters. The Kier molecular flexibility index (Phi) is 5.87. The predicted octanol–water partition coefficient (Wildman–Crippen LogP) is 2.34. The number of amides is 2. The molecule has 120 valence electrons. The summed E-state index contributed by atoms with van der Waals surface area (Å²) < 4.78 is 13.7. The van der Waals surface area contributed by atoms with E-state index in [-0.39, 0.29) is 18.1 Å². The first-order valence-electron chi connectivity index (χ1n) is 7.01. The van der Waals surface area contributed by atoms with Gasteiger partial charge in [-0.25, -0.2) is 4.39 Å². The van der Waals surface area contributed by atoms with Crippen molar-refractivity contribution in [1.29, 1.82) is 0 Å². The van der Waals surface area contributed by atoms with Crippen molar-refractivity contribution < 1.29 is 14.0 Å². The van der Waals surface area contributed by atoms with Crippen molar-refractivity contribution >= 4 is 27.7 Å². The smallest absolute Gasteiger partial charge is 0.240 e. The van der Waals surface area contributed by atoms with E-state index in [0.29, 0.717) is 12.0 Å². The van der Waals surface area contributed by atoms with Crippen LogP contribution in [0.2, 0.25) is 0 Å². The van der Waals surface area contributed by atoms with Gasteiger partial charge in [-0.2, -0.15) is 0 Å². The second kappa shape index (κ2) is 7.87. The van der Waals surface area contributed by atoms with Crippen molar-refractivity contribution in [2.24, 2.45) is 5.73 Å². The lowest BCUT2D eigenvalue weighted by molar-refractivity contribution is -0.127. The summed E-state index contributed by atoms with van der Waals surface area (Å²) in [4.78, 5) is 23.6. The zero-order chi connectivity index (χ0) is 16.8. The van der Waals surface area contributed by atoms with E-state index in [9.17, 15) is 14.0 Å². The predicted molar refractivity (Wildman–Crippen MR) is 89.1 cm³/mol. The molecule has 6 heteroatoms. The third-order valence-electron chi connectivity index (χ3n) is 3.29. The number of hydrogen-bond acceptors (Lipinski definition) is 2. The molecule has 0 fully saturated rings. The SMILES string of the molecule is NC(=O)[C@H](Cc1cccc(Br)c1)NC(=O)Cc1ccc(F)cc1. The number of primary amides is 1. The molecule has 0 aliphatic heterocycles. The molecule has 0 saturated heterocycles. The molecule has 0 aliphatic carbocycles. The highest BCUT2D eigenvalue weighted by Gasteiger charge is 2.18. The third kappa shape index (κ3) is 5.49. The lowest BCUT2D eigenvalue weighted by atomic mass is 10.0. The van der Waals surface area contributed by atoms with Gasteiger partial charge in [0.15, 0.2) is 0 Å². The van der Waals surface area contributed by atoms with Gasteiger partial charge in [0.05, 0.1) is 6.42 Å². The molecular formula is C17H16BrFN2O2. The summed E-state index contributed by atoms with van der Waals surface area (Å²) in [5.74, 6) is -1.30. The Morgan fingerprint density at radius 1 is 1.13 bits per heavy atom. The Labute approximate surface area is 142 Å². The lowest BCUT2D eigenvalue weighted by Gasteiger charge is -2.16. The van der Waals surface area contributed by atoms with Gasteiger partial charge in [-0.05, 0) is 35.4 Å². The first-order chi connectivity index (χ1) is 10.9. The third-order valence-corrected chi connectivity index (χ3v) is 3.78. The Hall–Kier alpha value is -2.21. The first kappa shape index (κ1) is 17.1. The highest BCUT2D eigenvalue weighted by atomic mass is 79.9. The average Bonchev–Trinajstić information content (AvgIpc) is 2.49. The summed E-state index contributed by atoms with van der Waals surface area (Å²) in [6.45, 7) is 0. The quantitative estimate of drug-likeness (QED) is 0.809. The molecule has 23 heavy (non-hydrogen) atoms. The van der Waals surface area contributed by atoms with Gasteiger partial charge >= 0.3 is 0 Å². The van der Waals surface area contributed by atoms with E-state index in [4.69, 9.17) is 5.73 Å². The molecule has 2 rings (SSSR count). The van der Waals surface area contributed by atoms with E-state index in [1.807, 2.05) is 24.3 Å². The van der Waals surface area contributed by atoms with Gasteiger partial charge in [0.25, 0.3) is 0 Å². The zero-order valence-corrected chi connectivity index (χ0v) is 13.8. The van der Waals surface area contributed by atoms with E-state index in [0.717, 1.165) is 10.0 Å². The Balaban J connectivity index is 1.99. The Bertz CT molecular complexity index is 704. The summed E-state index contributed by atoms with van der Waals surface area (Å²) in [6, 6.07) is 12.3. The monoisotopic (exact) mass is 378 g/mol. The van der Waals surface area contributed by atoms with Crippen LogP contribution in [0.4, 0.5) is 4.39 Å². The zero-order valence-electron chi connectivity index (χ0n) is 12.3. The number of rotatable bonds is 6. The fourth-order valence-electron chi connectivity index (χ4n) is 2.16. The van der Waals surface area contributed by atoms with E-state index in [1.165, 1.54) is 24.3 Å². The topological polar surface area (TPSA) is 72.2 Å². The van der Waals surface area contributed by atoms with Crippen LogP contribution in [0.1, 0.15) is 11.1 Å². The molecule has 0 unspecified atom stereocenters. The number of carbonyl (C=O) groups excluding carboxylic acids is 2. The normalized spacial score (nSPS) is 11.7. The molecule has 0 saturated carbocycles. The van der Waals surface area contributed by atoms with Crippen molar-refractivity contribution in [3.63, 3.8) is 0 Å². The Morgan fingerprint density at radius 3 is 2.43 bits per heavy atom. The van der Waals surface area contributed by atoms with Crippen LogP contribution < -0.4 is 11.1 Å². The lowest BCUT2D eigenvalue weighted by Crippen LogP contribution is -2.46. The molecule has 4 nitrogen and oxygen atoms in total. The molecule has 2 aromatic carbocycles. The number of halogens is 2. The Morgan fingerprint density at radius 2 is 1.83 bits per heavy atom. The minimum Gasteiger partial charge on any atom is -0.368 e. The van der Waals surface area contributed by atoms with Crippen molar-refractivity contribution in [3.8, 4) is 0 Å². The summed E-state index contributed by atoms with van der Waals surface area (Å²) >= 11 is 3.36. The molecule has 0 heterocycles. The minimum absolute atomic E-state index is 0.0581. The largest absolute Gasteiger partial charge is 0.368 e. The maximum absolute atomic E-state index is 12.8. The second-order valence-electron chi connectivity index (χ2n) is 5.16. The van der Waals surface area contributed by atoms with Crippen molar-refractivity contribution in [2.45, 2.75) is 18.9 Å². The van der Waals surface area contributed by atoms with E-state index in [2.05, 4.69) is 21.2 Å². The van der Waals surface area contributed by atoms with E-state index >= 15 is 0 Å². The summed E-state index contributed by atoms with van der Waals surface area (Å²) in [7, 11) is 0. The van der Waals surface area contributed by atoms with Gasteiger partial charge in [-0.3, -0.25) is 9.59 Å². The molecule has 0 spiro atoms. The van der Waals surface area contributed by atoms with Gasteiger partial charge < -0.3 is 11.1 Å². The van der Waals surface area contributed by atoms with Crippen molar-refractivity contribution in [1.82, 2.24) is 5.32 Å². The molecule has 0 radical (unpaired) electrons. The fraction of sp³-hybridized carbons (Fsp3) is 0.176. The highest BCUT2D eigenvalue weighted by molar-refractivity contribution is 9.10. The number of hydrogen-bond donors (Lipinski definition) is 2. The van der Waals surface area contributed by atoms with Crippen LogP contribution in [0, 0.1) is 5.82 Å². The van der Waals surface area contributed by atoms with Crippen LogP contribution in [0.25, 0.3) is 0 Å². The molecule has 2 amide bonds. The summed E-state index contributed by atoms with van der Waals surface area (Å²) in [5, 5.41) is 2.62. The molecule has 0 aliphatic rings. The van der Waals surface area contributed by atoms with Gasteiger partial charge in [0.1, 0.15) is 11.9 Å².